The largest absolute Gasteiger partial charge is 0.284 e. The van der Waals surface area contributed by atoms with E-state index in [1.165, 1.54) is 22.7 Å². The van der Waals surface area contributed by atoms with Crippen molar-refractivity contribution in [2.75, 3.05) is 0 Å². The Kier molecular flexibility index (Phi) is 5.76. The average molecular weight is 402 g/mol. The SMILES string of the molecule is CCC1S/C(=N/N=C/c2ccc(C)cc2)N(Cc2cccc3ccccc23)C1=O. The van der Waals surface area contributed by atoms with E-state index >= 15 is 0 Å². The van der Waals surface area contributed by atoms with E-state index in [0.29, 0.717) is 11.7 Å². The molecule has 0 saturated carbocycles. The van der Waals surface area contributed by atoms with E-state index in [1.807, 2.05) is 49.4 Å². The normalized spacial score (nSPS) is 18.4. The van der Waals surface area contributed by atoms with Crippen molar-refractivity contribution in [1.82, 2.24) is 4.90 Å². The Labute approximate surface area is 175 Å². The van der Waals surface area contributed by atoms with E-state index in [-0.39, 0.29) is 11.2 Å². The highest BCUT2D eigenvalue weighted by atomic mass is 32.2. The first-order valence-corrected chi connectivity index (χ1v) is 10.7. The molecule has 4 nitrogen and oxygen atoms in total. The van der Waals surface area contributed by atoms with Gasteiger partial charge in [0.25, 0.3) is 0 Å². The maximum absolute atomic E-state index is 12.9. The minimum atomic E-state index is -0.0988. The van der Waals surface area contributed by atoms with Crippen LogP contribution < -0.4 is 0 Å². The van der Waals surface area contributed by atoms with Gasteiger partial charge in [0, 0.05) is 0 Å². The minimum Gasteiger partial charge on any atom is -0.284 e. The van der Waals surface area contributed by atoms with Crippen LogP contribution in [0.25, 0.3) is 10.8 Å². The number of thioether (sulfide) groups is 1. The zero-order valence-corrected chi connectivity index (χ0v) is 17.4. The van der Waals surface area contributed by atoms with Gasteiger partial charge in [-0.2, -0.15) is 5.10 Å². The summed E-state index contributed by atoms with van der Waals surface area (Å²) in [7, 11) is 0. The summed E-state index contributed by atoms with van der Waals surface area (Å²) in [5, 5.41) is 11.6. The fourth-order valence-electron chi connectivity index (χ4n) is 3.39. The summed E-state index contributed by atoms with van der Waals surface area (Å²) >= 11 is 1.50. The first kappa shape index (κ1) is 19.4. The Bertz CT molecular complexity index is 1080. The highest BCUT2D eigenvalue weighted by molar-refractivity contribution is 8.15. The number of carbonyl (C=O) groups is 1. The monoisotopic (exact) mass is 401 g/mol. The van der Waals surface area contributed by atoms with Gasteiger partial charge in [-0.05, 0) is 35.2 Å². The van der Waals surface area contributed by atoms with Crippen LogP contribution in [-0.2, 0) is 11.3 Å². The number of aryl methyl sites for hydroxylation is 1. The highest BCUT2D eigenvalue weighted by Gasteiger charge is 2.37. The summed E-state index contributed by atoms with van der Waals surface area (Å²) in [6.07, 6.45) is 2.50. The van der Waals surface area contributed by atoms with Crippen LogP contribution in [0.1, 0.15) is 30.0 Å². The van der Waals surface area contributed by atoms with Crippen LogP contribution in [0.15, 0.2) is 76.9 Å². The Morgan fingerprint density at radius 1 is 1.03 bits per heavy atom. The van der Waals surface area contributed by atoms with E-state index < -0.39 is 0 Å². The van der Waals surface area contributed by atoms with E-state index in [1.54, 1.807) is 11.1 Å². The van der Waals surface area contributed by atoms with Gasteiger partial charge in [-0.25, -0.2) is 0 Å². The minimum absolute atomic E-state index is 0.0988. The van der Waals surface area contributed by atoms with Gasteiger partial charge in [-0.1, -0.05) is 91.0 Å². The summed E-state index contributed by atoms with van der Waals surface area (Å²) in [4.78, 5) is 14.7. The van der Waals surface area contributed by atoms with Crippen molar-refractivity contribution in [3.63, 3.8) is 0 Å². The third kappa shape index (κ3) is 4.25. The summed E-state index contributed by atoms with van der Waals surface area (Å²) < 4.78 is 0. The second kappa shape index (κ2) is 8.62. The van der Waals surface area contributed by atoms with Crippen LogP contribution >= 0.6 is 11.8 Å². The Morgan fingerprint density at radius 2 is 1.79 bits per heavy atom. The van der Waals surface area contributed by atoms with Gasteiger partial charge in [0.2, 0.25) is 5.91 Å². The highest BCUT2D eigenvalue weighted by Crippen LogP contribution is 2.32. The molecular weight excluding hydrogens is 378 g/mol. The van der Waals surface area contributed by atoms with E-state index in [0.717, 1.165) is 22.9 Å². The van der Waals surface area contributed by atoms with Crippen LogP contribution in [0.2, 0.25) is 0 Å². The molecule has 1 atom stereocenters. The molecule has 3 aromatic rings. The van der Waals surface area contributed by atoms with Crippen LogP contribution in [0, 0.1) is 6.92 Å². The summed E-state index contributed by atoms with van der Waals surface area (Å²) in [5.74, 6) is 0.106. The van der Waals surface area contributed by atoms with Crippen molar-refractivity contribution < 1.29 is 4.79 Å². The summed E-state index contributed by atoms with van der Waals surface area (Å²) in [6.45, 7) is 4.59. The summed E-state index contributed by atoms with van der Waals surface area (Å²) in [6, 6.07) is 22.6. The van der Waals surface area contributed by atoms with Crippen molar-refractivity contribution in [3.8, 4) is 0 Å². The molecule has 0 aromatic heterocycles. The van der Waals surface area contributed by atoms with Crippen LogP contribution in [-0.4, -0.2) is 27.4 Å². The Hall–Kier alpha value is -2.92. The number of rotatable bonds is 5. The van der Waals surface area contributed by atoms with Crippen LogP contribution in [0.4, 0.5) is 0 Å². The molecule has 5 heteroatoms. The Balaban J connectivity index is 1.61. The number of hydrogen-bond donors (Lipinski definition) is 0. The van der Waals surface area contributed by atoms with Crippen molar-refractivity contribution >= 4 is 39.8 Å². The van der Waals surface area contributed by atoms with E-state index in [4.69, 9.17) is 0 Å². The van der Waals surface area contributed by atoms with Crippen molar-refractivity contribution in [3.05, 3.63) is 83.4 Å². The number of benzene rings is 3. The van der Waals surface area contributed by atoms with Gasteiger partial charge in [0.1, 0.15) is 0 Å². The number of carbonyl (C=O) groups excluding carboxylic acids is 1. The van der Waals surface area contributed by atoms with Crippen molar-refractivity contribution in [2.45, 2.75) is 32.1 Å². The van der Waals surface area contributed by atoms with Crippen LogP contribution in [0.3, 0.4) is 0 Å². The number of nitrogens with zero attached hydrogens (tertiary/aromatic N) is 3. The second-order valence-electron chi connectivity index (χ2n) is 7.12. The van der Waals surface area contributed by atoms with Crippen molar-refractivity contribution in [1.29, 1.82) is 0 Å². The van der Waals surface area contributed by atoms with Gasteiger partial charge in [0.05, 0.1) is 18.0 Å². The molecule has 1 amide bonds. The molecule has 3 aromatic carbocycles. The fourth-order valence-corrected chi connectivity index (χ4v) is 4.41. The van der Waals surface area contributed by atoms with Gasteiger partial charge >= 0.3 is 0 Å². The molecule has 1 heterocycles. The third-order valence-electron chi connectivity index (χ3n) is 5.03. The lowest BCUT2D eigenvalue weighted by Crippen LogP contribution is -2.31. The Morgan fingerprint density at radius 3 is 2.59 bits per heavy atom. The molecule has 146 valence electrons. The predicted molar refractivity (Wildman–Crippen MR) is 122 cm³/mol. The topological polar surface area (TPSA) is 45.0 Å². The van der Waals surface area contributed by atoms with Crippen molar-refractivity contribution in [2.24, 2.45) is 10.2 Å². The molecule has 0 spiro atoms. The van der Waals surface area contributed by atoms with Crippen LogP contribution in [0.5, 0.6) is 0 Å². The molecular formula is C24H23N3OS. The zero-order chi connectivity index (χ0) is 20.2. The first-order chi connectivity index (χ1) is 14.2. The molecule has 29 heavy (non-hydrogen) atoms. The maximum Gasteiger partial charge on any atom is 0.242 e. The predicted octanol–water partition coefficient (Wildman–Crippen LogP) is 5.39. The lowest BCUT2D eigenvalue weighted by molar-refractivity contribution is -0.126. The van der Waals surface area contributed by atoms with Gasteiger partial charge in [0.15, 0.2) is 5.17 Å². The molecule has 1 aliphatic heterocycles. The molecule has 1 fully saturated rings. The summed E-state index contributed by atoms with van der Waals surface area (Å²) in [5.41, 5.74) is 3.31. The molecule has 0 radical (unpaired) electrons. The molecule has 1 unspecified atom stereocenters. The molecule has 1 saturated heterocycles. The van der Waals surface area contributed by atoms with Gasteiger partial charge in [-0.3, -0.25) is 9.69 Å². The molecule has 4 rings (SSSR count). The van der Waals surface area contributed by atoms with E-state index in [2.05, 4.69) is 41.4 Å². The number of amides is 1. The van der Waals surface area contributed by atoms with Gasteiger partial charge in [-0.15, -0.1) is 5.10 Å². The molecule has 1 aliphatic rings. The lowest BCUT2D eigenvalue weighted by atomic mass is 10.0. The van der Waals surface area contributed by atoms with Gasteiger partial charge < -0.3 is 0 Å². The number of fused-ring (bicyclic) bond motifs is 1. The smallest absolute Gasteiger partial charge is 0.242 e. The molecule has 0 bridgehead atoms. The average Bonchev–Trinajstić information content (AvgIpc) is 3.04. The molecule has 0 aliphatic carbocycles. The van der Waals surface area contributed by atoms with E-state index in [9.17, 15) is 4.79 Å². The quantitative estimate of drug-likeness (QED) is 0.425. The fraction of sp³-hybridized carbons (Fsp3) is 0.208. The first-order valence-electron chi connectivity index (χ1n) is 9.78. The second-order valence-corrected chi connectivity index (χ2v) is 8.29. The lowest BCUT2D eigenvalue weighted by Gasteiger charge is -2.17. The standard InChI is InChI=1S/C24H23N3OS/c1-3-22-23(28)27(16-20-9-6-8-19-7-4-5-10-21(19)20)24(29-22)26-25-15-18-13-11-17(2)12-14-18/h4-15,22H,3,16H2,1-2H3/b25-15+,26-24+. The molecule has 0 N–H and O–H groups in total. The zero-order valence-electron chi connectivity index (χ0n) is 16.6. The third-order valence-corrected chi connectivity index (χ3v) is 6.36. The number of hydrogen-bond acceptors (Lipinski definition) is 4. The maximum atomic E-state index is 12.9. The number of amidine groups is 1.